The number of carbonyl (C=O) groups is 4. The second-order valence-electron chi connectivity index (χ2n) is 15.6. The molecule has 0 aliphatic carbocycles. The van der Waals surface area contributed by atoms with Crippen molar-refractivity contribution in [3.8, 4) is 46.0 Å². The Morgan fingerprint density at radius 1 is 0.339 bits per heavy atom. The number of cyclic esters (lactones) is 2. The van der Waals surface area contributed by atoms with E-state index in [1.54, 1.807) is 24.3 Å². The predicted octanol–water partition coefficient (Wildman–Crippen LogP) is 12.3. The molecule has 11 rings (SSSR count). The molecule has 2 aliphatic heterocycles. The van der Waals surface area contributed by atoms with Crippen LogP contribution in [-0.2, 0) is 4.74 Å². The molecule has 0 bridgehead atoms. The number of aryl methyl sites for hydroxylation is 4. The smallest absolute Gasteiger partial charge is 0.346 e. The maximum atomic E-state index is 14.1. The zero-order chi connectivity index (χ0) is 42.6. The van der Waals surface area contributed by atoms with Crippen molar-refractivity contribution in [2.45, 2.75) is 27.7 Å². The van der Waals surface area contributed by atoms with E-state index in [4.69, 9.17) is 23.7 Å². The Morgan fingerprint density at radius 2 is 0.613 bits per heavy atom. The quantitative estimate of drug-likeness (QED) is 0.0524. The van der Waals surface area contributed by atoms with Gasteiger partial charge in [-0.2, -0.15) is 0 Å². The van der Waals surface area contributed by atoms with Crippen LogP contribution in [-0.4, -0.2) is 23.8 Å². The maximum absolute atomic E-state index is 14.1. The van der Waals surface area contributed by atoms with Gasteiger partial charge in [-0.25, -0.2) is 9.59 Å². The van der Waals surface area contributed by atoms with Crippen molar-refractivity contribution in [2.75, 3.05) is 0 Å². The number of nitrogens with one attached hydrogen (secondary N) is 1. The Labute approximate surface area is 353 Å². The van der Waals surface area contributed by atoms with Crippen LogP contribution in [0.5, 0.6) is 46.0 Å². The highest BCUT2D eigenvalue weighted by molar-refractivity contribution is 6.44. The summed E-state index contributed by atoms with van der Waals surface area (Å²) in [5, 5.41) is 5.80. The van der Waals surface area contributed by atoms with Gasteiger partial charge >= 0.3 is 11.9 Å². The van der Waals surface area contributed by atoms with Gasteiger partial charge in [-0.1, -0.05) is 72.8 Å². The molecule has 2 aliphatic rings. The van der Waals surface area contributed by atoms with Crippen LogP contribution in [0.15, 0.2) is 121 Å². The lowest BCUT2D eigenvalue weighted by molar-refractivity contribution is 0.0390. The molecule has 0 saturated carbocycles. The van der Waals surface area contributed by atoms with E-state index in [0.717, 1.165) is 22.3 Å². The molecule has 10 heteroatoms. The molecule has 0 saturated heterocycles. The third-order valence-corrected chi connectivity index (χ3v) is 11.8. The Morgan fingerprint density at radius 3 is 0.919 bits per heavy atom. The van der Waals surface area contributed by atoms with Crippen LogP contribution < -0.4 is 24.3 Å². The largest absolute Gasteiger partial charge is 0.456 e. The average molecular weight is 816 g/mol. The Balaban J connectivity index is 1.43. The van der Waals surface area contributed by atoms with Crippen LogP contribution in [0.3, 0.4) is 0 Å². The van der Waals surface area contributed by atoms with Gasteiger partial charge in [-0.3, -0.25) is 14.9 Å². The lowest BCUT2D eigenvalue weighted by atomic mass is 9.81. The van der Waals surface area contributed by atoms with Crippen molar-refractivity contribution < 1.29 is 42.9 Å². The maximum Gasteiger partial charge on any atom is 0.346 e. The first-order valence-corrected chi connectivity index (χ1v) is 20.0. The lowest BCUT2D eigenvalue weighted by Gasteiger charge is -2.28. The molecule has 0 fully saturated rings. The van der Waals surface area contributed by atoms with Crippen molar-refractivity contribution >= 4 is 66.8 Å². The topological polar surface area (TPSA) is 126 Å². The molecule has 0 atom stereocenters. The fourth-order valence-corrected chi connectivity index (χ4v) is 8.76. The number of hydrogen-bond acceptors (Lipinski definition) is 9. The summed E-state index contributed by atoms with van der Waals surface area (Å²) in [6, 6.07) is 36.3. The number of imide groups is 1. The highest BCUT2D eigenvalue weighted by Crippen LogP contribution is 2.57. The fraction of sp³-hybridized carbons (Fsp3) is 0.0769. The van der Waals surface area contributed by atoms with Gasteiger partial charge in [0.25, 0.3) is 11.8 Å². The van der Waals surface area contributed by atoms with E-state index < -0.39 is 23.8 Å². The van der Waals surface area contributed by atoms with Crippen LogP contribution in [0.4, 0.5) is 0 Å². The van der Waals surface area contributed by atoms with Gasteiger partial charge < -0.3 is 23.7 Å². The molecule has 0 aromatic heterocycles. The van der Waals surface area contributed by atoms with Crippen LogP contribution in [0.1, 0.15) is 63.7 Å². The summed E-state index contributed by atoms with van der Waals surface area (Å²) < 4.78 is 33.0. The Bertz CT molecular complexity index is 3050. The third kappa shape index (κ3) is 5.50. The number of amides is 2. The fourth-order valence-electron chi connectivity index (χ4n) is 8.76. The molecule has 0 radical (unpaired) electrons. The summed E-state index contributed by atoms with van der Waals surface area (Å²) in [5.41, 5.74) is 3.83. The molecule has 10 nitrogen and oxygen atoms in total. The highest BCUT2D eigenvalue weighted by Gasteiger charge is 2.38. The van der Waals surface area contributed by atoms with Gasteiger partial charge in [0.15, 0.2) is 0 Å². The molecule has 9 aromatic rings. The van der Waals surface area contributed by atoms with Gasteiger partial charge in [-0.05, 0) is 98.5 Å². The molecule has 300 valence electrons. The van der Waals surface area contributed by atoms with E-state index in [2.05, 4.69) is 5.32 Å². The number of hydrogen-bond donors (Lipinski definition) is 1. The lowest BCUT2D eigenvalue weighted by Crippen LogP contribution is -2.34. The van der Waals surface area contributed by atoms with E-state index in [1.807, 2.05) is 125 Å². The first-order valence-electron chi connectivity index (χ1n) is 20.0. The predicted molar refractivity (Wildman–Crippen MR) is 234 cm³/mol. The second kappa shape index (κ2) is 13.7. The van der Waals surface area contributed by atoms with Gasteiger partial charge in [0.1, 0.15) is 46.0 Å². The Kier molecular flexibility index (Phi) is 8.10. The SMILES string of the molecule is Cc1ccccc1Oc1cc2c3c(cc(Oc4ccccc4C)c4c5c(Oc6ccccc6C)cc6c7c(cc(Oc8ccccc8C)c(c1c34)c75)C(=O)OC6=O)C(=O)NC2=O. The molecule has 0 spiro atoms. The summed E-state index contributed by atoms with van der Waals surface area (Å²) in [6.45, 7) is 7.63. The summed E-state index contributed by atoms with van der Waals surface area (Å²) in [4.78, 5) is 56.1. The third-order valence-electron chi connectivity index (χ3n) is 11.8. The van der Waals surface area contributed by atoms with E-state index in [-0.39, 0.29) is 45.3 Å². The van der Waals surface area contributed by atoms with Crippen molar-refractivity contribution in [3.05, 3.63) is 166 Å². The summed E-state index contributed by atoms with van der Waals surface area (Å²) in [7, 11) is 0. The number of para-hydroxylation sites is 4. The van der Waals surface area contributed by atoms with E-state index in [1.165, 1.54) is 0 Å². The first kappa shape index (κ1) is 36.8. The minimum Gasteiger partial charge on any atom is -0.456 e. The molecule has 62 heavy (non-hydrogen) atoms. The molecular weight excluding hydrogens is 783 g/mol. The van der Waals surface area contributed by atoms with Crippen LogP contribution in [0.2, 0.25) is 0 Å². The standard InChI is InChI=1S/C52H33NO9/c1-25-13-5-9-17-33(25)58-37-21-29-41-30(50(55)53-49(29)54)22-38(59-34-18-10-6-14-26(34)2)44-46-40(61-36-20-12-8-16-28(36)4)24-32-42-31(51(56)62-52(32)57)23-39(45(48(42)46)43(37)47(41)44)60-35-19-11-7-15-27(35)3/h5-24H,1-4H3,(H,53,54,55). The summed E-state index contributed by atoms with van der Waals surface area (Å²) in [6.07, 6.45) is 0. The van der Waals surface area contributed by atoms with E-state index in [9.17, 15) is 19.2 Å². The van der Waals surface area contributed by atoms with Crippen LogP contribution in [0.25, 0.3) is 43.1 Å². The van der Waals surface area contributed by atoms with Crippen molar-refractivity contribution in [1.82, 2.24) is 5.32 Å². The number of benzene rings is 9. The van der Waals surface area contributed by atoms with Crippen molar-refractivity contribution in [3.63, 3.8) is 0 Å². The zero-order valence-electron chi connectivity index (χ0n) is 33.7. The molecular formula is C52H33NO9. The minimum atomic E-state index is -0.853. The van der Waals surface area contributed by atoms with Gasteiger partial charge in [0.2, 0.25) is 0 Å². The zero-order valence-corrected chi connectivity index (χ0v) is 33.7. The molecule has 2 amide bonds. The number of carbonyl (C=O) groups excluding carboxylic acids is 4. The van der Waals surface area contributed by atoms with Gasteiger partial charge in [0.05, 0.1) is 22.3 Å². The summed E-state index contributed by atoms with van der Waals surface area (Å²) in [5.74, 6) is 0.0280. The number of ether oxygens (including phenoxy) is 5. The van der Waals surface area contributed by atoms with Crippen LogP contribution >= 0.6 is 0 Å². The van der Waals surface area contributed by atoms with E-state index in [0.29, 0.717) is 66.1 Å². The average Bonchev–Trinajstić information content (AvgIpc) is 3.25. The summed E-state index contributed by atoms with van der Waals surface area (Å²) >= 11 is 0. The number of esters is 2. The molecule has 2 heterocycles. The number of fused-ring (bicyclic) bond motifs is 2. The first-order chi connectivity index (χ1) is 30.0. The van der Waals surface area contributed by atoms with Crippen molar-refractivity contribution in [2.24, 2.45) is 0 Å². The highest BCUT2D eigenvalue weighted by atomic mass is 16.6. The number of rotatable bonds is 8. The normalized spacial score (nSPS) is 13.2. The molecule has 9 aromatic carbocycles. The van der Waals surface area contributed by atoms with Gasteiger partial charge in [0, 0.05) is 43.1 Å². The van der Waals surface area contributed by atoms with E-state index >= 15 is 0 Å². The molecule has 1 N–H and O–H groups in total. The molecule has 0 unspecified atom stereocenters. The Hall–Kier alpha value is -8.24. The second-order valence-corrected chi connectivity index (χ2v) is 15.6. The van der Waals surface area contributed by atoms with Crippen molar-refractivity contribution in [1.29, 1.82) is 0 Å². The van der Waals surface area contributed by atoms with Crippen LogP contribution in [0, 0.1) is 27.7 Å². The monoisotopic (exact) mass is 815 g/mol. The van der Waals surface area contributed by atoms with Gasteiger partial charge in [-0.15, -0.1) is 0 Å². The minimum absolute atomic E-state index is 0.0944.